The van der Waals surface area contributed by atoms with Gasteiger partial charge >= 0.3 is 5.97 Å². The molecule has 0 heterocycles. The highest BCUT2D eigenvalue weighted by atomic mass is 127. The lowest BCUT2D eigenvalue weighted by Crippen LogP contribution is -2.02. The molecule has 2 rings (SSSR count). The number of halogens is 1. The summed E-state index contributed by atoms with van der Waals surface area (Å²) in [5, 5.41) is 8.76. The fraction of sp³-hybridized carbons (Fsp3) is 0.211. The molecule has 4 nitrogen and oxygen atoms in total. The van der Waals surface area contributed by atoms with Gasteiger partial charge in [-0.15, -0.1) is 0 Å². The van der Waals surface area contributed by atoms with Crippen molar-refractivity contribution >= 4 is 34.6 Å². The van der Waals surface area contributed by atoms with E-state index in [1.165, 1.54) is 11.6 Å². The van der Waals surface area contributed by atoms with Crippen molar-refractivity contribution in [3.63, 3.8) is 0 Å². The number of carboxylic acid groups (broad SMARTS) is 1. The summed E-state index contributed by atoms with van der Waals surface area (Å²) in [6, 6.07) is 11.8. The van der Waals surface area contributed by atoms with Gasteiger partial charge < -0.3 is 14.6 Å². The van der Waals surface area contributed by atoms with Gasteiger partial charge in [-0.1, -0.05) is 29.8 Å². The maximum Gasteiger partial charge on any atom is 0.328 e. The predicted molar refractivity (Wildman–Crippen MR) is 103 cm³/mol. The largest absolute Gasteiger partial charge is 0.490 e. The van der Waals surface area contributed by atoms with Crippen molar-refractivity contribution < 1.29 is 19.4 Å². The maximum absolute atomic E-state index is 10.7. The van der Waals surface area contributed by atoms with Crippen molar-refractivity contribution in [2.75, 3.05) is 6.61 Å². The van der Waals surface area contributed by atoms with Crippen molar-refractivity contribution in [1.29, 1.82) is 0 Å². The van der Waals surface area contributed by atoms with E-state index in [1.807, 2.05) is 38.1 Å². The van der Waals surface area contributed by atoms with Gasteiger partial charge in [0.25, 0.3) is 0 Å². The first-order valence-corrected chi connectivity index (χ1v) is 8.63. The van der Waals surface area contributed by atoms with Crippen LogP contribution in [0.5, 0.6) is 11.5 Å². The van der Waals surface area contributed by atoms with Gasteiger partial charge in [-0.2, -0.15) is 0 Å². The molecule has 0 bridgehead atoms. The molecule has 0 saturated carbocycles. The predicted octanol–water partition coefficient (Wildman–Crippen LogP) is 4.68. The number of hydrogen-bond acceptors (Lipinski definition) is 3. The lowest BCUT2D eigenvalue weighted by atomic mass is 10.1. The SMILES string of the molecule is CCOc1cc(/C=C/C(=O)O)cc(I)c1OCc1cccc(C)c1. The fourth-order valence-corrected chi connectivity index (χ4v) is 2.99. The van der Waals surface area contributed by atoms with Crippen LogP contribution >= 0.6 is 22.6 Å². The Morgan fingerprint density at radius 2 is 2.04 bits per heavy atom. The van der Waals surface area contributed by atoms with Gasteiger partial charge in [-0.3, -0.25) is 0 Å². The number of aryl methyl sites for hydroxylation is 1. The third kappa shape index (κ3) is 5.26. The zero-order valence-corrected chi connectivity index (χ0v) is 15.7. The second-order valence-corrected chi connectivity index (χ2v) is 6.37. The van der Waals surface area contributed by atoms with Crippen molar-refractivity contribution in [1.82, 2.24) is 0 Å². The van der Waals surface area contributed by atoms with Crippen molar-refractivity contribution in [3.8, 4) is 11.5 Å². The average molecular weight is 438 g/mol. The summed E-state index contributed by atoms with van der Waals surface area (Å²) in [5.74, 6) is 0.302. The lowest BCUT2D eigenvalue weighted by molar-refractivity contribution is -0.131. The van der Waals surface area contributed by atoms with Gasteiger partial charge in [0, 0.05) is 6.08 Å². The van der Waals surface area contributed by atoms with E-state index >= 15 is 0 Å². The number of carbonyl (C=O) groups is 1. The molecule has 1 N–H and O–H groups in total. The number of ether oxygens (including phenoxy) is 2. The molecule has 0 amide bonds. The number of benzene rings is 2. The molecule has 0 aliphatic heterocycles. The number of aliphatic carboxylic acids is 1. The molecule has 0 aromatic heterocycles. The summed E-state index contributed by atoms with van der Waals surface area (Å²) >= 11 is 2.17. The zero-order valence-electron chi connectivity index (χ0n) is 13.6. The second kappa shape index (κ2) is 8.73. The summed E-state index contributed by atoms with van der Waals surface area (Å²) in [6.07, 6.45) is 2.64. The van der Waals surface area contributed by atoms with E-state index in [2.05, 4.69) is 28.7 Å². The van der Waals surface area contributed by atoms with Gasteiger partial charge in [0.1, 0.15) is 6.61 Å². The summed E-state index contributed by atoms with van der Waals surface area (Å²) in [5.41, 5.74) is 3.03. The van der Waals surface area contributed by atoms with Gasteiger partial charge in [-0.25, -0.2) is 4.79 Å². The summed E-state index contributed by atoms with van der Waals surface area (Å²) in [6.45, 7) is 4.89. The first kappa shape index (κ1) is 18.3. The third-order valence-corrected chi connectivity index (χ3v) is 4.02. The number of hydrogen-bond donors (Lipinski definition) is 1. The van der Waals surface area contributed by atoms with E-state index in [9.17, 15) is 4.79 Å². The Balaban J connectivity index is 2.25. The van der Waals surface area contributed by atoms with Crippen molar-refractivity contribution in [2.24, 2.45) is 0 Å². The Kier molecular flexibility index (Phi) is 6.66. The summed E-state index contributed by atoms with van der Waals surface area (Å²) < 4.78 is 12.5. The number of rotatable bonds is 7. The van der Waals surface area contributed by atoms with Gasteiger partial charge in [0.05, 0.1) is 10.2 Å². The molecule has 0 aliphatic rings. The van der Waals surface area contributed by atoms with Crippen LogP contribution in [0.3, 0.4) is 0 Å². The molecule has 2 aromatic rings. The summed E-state index contributed by atoms with van der Waals surface area (Å²) in [4.78, 5) is 10.7. The van der Waals surface area contributed by atoms with Crippen LogP contribution in [0.15, 0.2) is 42.5 Å². The Morgan fingerprint density at radius 3 is 2.71 bits per heavy atom. The Morgan fingerprint density at radius 1 is 1.25 bits per heavy atom. The van der Waals surface area contributed by atoms with Crippen LogP contribution in [-0.4, -0.2) is 17.7 Å². The van der Waals surface area contributed by atoms with Crippen LogP contribution in [-0.2, 0) is 11.4 Å². The monoisotopic (exact) mass is 438 g/mol. The summed E-state index contributed by atoms with van der Waals surface area (Å²) in [7, 11) is 0. The molecule has 0 radical (unpaired) electrons. The molecular formula is C19H19IO4. The molecule has 0 aliphatic carbocycles. The highest BCUT2D eigenvalue weighted by Gasteiger charge is 2.12. The molecular weight excluding hydrogens is 419 g/mol. The molecule has 0 spiro atoms. The van der Waals surface area contributed by atoms with Crippen molar-refractivity contribution in [3.05, 3.63) is 62.7 Å². The van der Waals surface area contributed by atoms with E-state index in [0.29, 0.717) is 24.7 Å². The maximum atomic E-state index is 10.7. The van der Waals surface area contributed by atoms with E-state index in [1.54, 1.807) is 6.07 Å². The number of carboxylic acids is 1. The normalized spacial score (nSPS) is 10.8. The van der Waals surface area contributed by atoms with Gasteiger partial charge in [0.2, 0.25) is 0 Å². The van der Waals surface area contributed by atoms with Crippen LogP contribution < -0.4 is 9.47 Å². The standard InChI is InChI=1S/C19H19IO4/c1-3-23-17-11-14(7-8-18(21)22)10-16(20)19(17)24-12-15-6-4-5-13(2)9-15/h4-11H,3,12H2,1-2H3,(H,21,22)/b8-7+. The van der Waals surface area contributed by atoms with Gasteiger partial charge in [-0.05, 0) is 65.8 Å². The molecule has 24 heavy (non-hydrogen) atoms. The fourth-order valence-electron chi connectivity index (χ4n) is 2.21. The van der Waals surface area contributed by atoms with Crippen LogP contribution in [0.4, 0.5) is 0 Å². The van der Waals surface area contributed by atoms with E-state index in [0.717, 1.165) is 20.8 Å². The van der Waals surface area contributed by atoms with E-state index in [-0.39, 0.29) is 0 Å². The van der Waals surface area contributed by atoms with E-state index in [4.69, 9.17) is 14.6 Å². The minimum absolute atomic E-state index is 0.446. The minimum atomic E-state index is -0.984. The smallest absolute Gasteiger partial charge is 0.328 e. The lowest BCUT2D eigenvalue weighted by Gasteiger charge is -2.15. The molecule has 0 saturated heterocycles. The van der Waals surface area contributed by atoms with Crippen molar-refractivity contribution in [2.45, 2.75) is 20.5 Å². The van der Waals surface area contributed by atoms with Crippen LogP contribution in [0.25, 0.3) is 6.08 Å². The Hall–Kier alpha value is -2.02. The van der Waals surface area contributed by atoms with Crippen LogP contribution in [0.2, 0.25) is 0 Å². The molecule has 2 aromatic carbocycles. The molecule has 0 fully saturated rings. The molecule has 0 atom stereocenters. The van der Waals surface area contributed by atoms with Crippen LogP contribution in [0, 0.1) is 10.5 Å². The second-order valence-electron chi connectivity index (χ2n) is 5.21. The Labute approximate surface area is 155 Å². The highest BCUT2D eigenvalue weighted by molar-refractivity contribution is 14.1. The van der Waals surface area contributed by atoms with E-state index < -0.39 is 5.97 Å². The first-order chi connectivity index (χ1) is 11.5. The van der Waals surface area contributed by atoms with Gasteiger partial charge in [0.15, 0.2) is 11.5 Å². The van der Waals surface area contributed by atoms with Crippen LogP contribution in [0.1, 0.15) is 23.6 Å². The third-order valence-electron chi connectivity index (χ3n) is 3.22. The molecule has 0 unspecified atom stereocenters. The topological polar surface area (TPSA) is 55.8 Å². The Bertz CT molecular complexity index is 753. The minimum Gasteiger partial charge on any atom is -0.490 e. The highest BCUT2D eigenvalue weighted by Crippen LogP contribution is 2.35. The molecule has 5 heteroatoms. The quantitative estimate of drug-likeness (QED) is 0.504. The first-order valence-electron chi connectivity index (χ1n) is 7.55. The molecule has 126 valence electrons. The zero-order chi connectivity index (χ0) is 17.5. The average Bonchev–Trinajstić information content (AvgIpc) is 2.52.